The molecule has 1 aliphatic carbocycles. The van der Waals surface area contributed by atoms with Crippen LogP contribution in [0.4, 0.5) is 0 Å². The summed E-state index contributed by atoms with van der Waals surface area (Å²) in [6, 6.07) is 0. The van der Waals surface area contributed by atoms with Crippen molar-refractivity contribution in [1.82, 2.24) is 0 Å². The molecule has 0 nitrogen and oxygen atoms in total. The first-order valence-electron chi connectivity index (χ1n) is 3.82. The third-order valence-electron chi connectivity index (χ3n) is 1.80. The third kappa shape index (κ3) is 3.07. The molecule has 60 valence electrons. The van der Waals surface area contributed by atoms with E-state index < -0.39 is 0 Å². The molecule has 11 heavy (non-hydrogen) atoms. The molecular formula is C10H15Zr-. The molecule has 0 aromatic carbocycles. The maximum Gasteiger partial charge on any atom is 0 e. The summed E-state index contributed by atoms with van der Waals surface area (Å²) in [6.45, 7) is 8.86. The summed E-state index contributed by atoms with van der Waals surface area (Å²) in [4.78, 5) is 0. The van der Waals surface area contributed by atoms with Crippen LogP contribution in [0.15, 0.2) is 17.7 Å². The Morgan fingerprint density at radius 2 is 1.91 bits per heavy atom. The molecule has 1 atom stereocenters. The molecule has 0 spiro atoms. The average Bonchev–Trinajstić information content (AvgIpc) is 2.11. The first-order valence-corrected chi connectivity index (χ1v) is 3.82. The van der Waals surface area contributed by atoms with E-state index in [-0.39, 0.29) is 26.2 Å². The molecule has 0 aromatic rings. The minimum absolute atomic E-state index is 0. The number of hydrogen-bond acceptors (Lipinski definition) is 0. The topological polar surface area (TPSA) is 0 Å². The van der Waals surface area contributed by atoms with Gasteiger partial charge in [0.2, 0.25) is 0 Å². The normalized spacial score (nSPS) is 22.9. The number of hydrogen-bond donors (Lipinski definition) is 0. The standard InChI is InChI=1S/C10H15.Zr/c1-8-5-6-9(7-8)10(2,3)4;/h6-8H,1-4H3;/q-1;. The van der Waals surface area contributed by atoms with Gasteiger partial charge in [-0.3, -0.25) is 6.08 Å². The minimum atomic E-state index is 0. The van der Waals surface area contributed by atoms with Crippen molar-refractivity contribution in [2.24, 2.45) is 11.3 Å². The van der Waals surface area contributed by atoms with Crippen LogP contribution in [0.1, 0.15) is 27.7 Å². The van der Waals surface area contributed by atoms with Crippen molar-refractivity contribution in [2.75, 3.05) is 0 Å². The van der Waals surface area contributed by atoms with E-state index in [9.17, 15) is 0 Å². The smallest absolute Gasteiger partial charge is 0 e. The molecule has 1 aliphatic rings. The van der Waals surface area contributed by atoms with Crippen LogP contribution in [-0.4, -0.2) is 0 Å². The Labute approximate surface area is 88.9 Å². The second kappa shape index (κ2) is 3.85. The largest absolute Gasteiger partial charge is 0.270 e. The van der Waals surface area contributed by atoms with Gasteiger partial charge in [-0.05, 0) is 0 Å². The van der Waals surface area contributed by atoms with Crippen molar-refractivity contribution in [3.05, 3.63) is 23.8 Å². The summed E-state index contributed by atoms with van der Waals surface area (Å²) in [5.74, 6) is 0.522. The number of rotatable bonds is 0. The van der Waals surface area contributed by atoms with Gasteiger partial charge in [0.15, 0.2) is 0 Å². The van der Waals surface area contributed by atoms with Gasteiger partial charge in [-0.1, -0.05) is 39.0 Å². The SMILES string of the molecule is CC1[C-]=CC(C(C)(C)C)=C1.[Zr]. The molecule has 0 heterocycles. The maximum atomic E-state index is 3.26. The quantitative estimate of drug-likeness (QED) is 0.557. The minimum Gasteiger partial charge on any atom is -0.270 e. The first kappa shape index (κ1) is 11.4. The van der Waals surface area contributed by atoms with E-state index in [1.54, 1.807) is 0 Å². The van der Waals surface area contributed by atoms with Crippen LogP contribution < -0.4 is 0 Å². The molecule has 0 fully saturated rings. The Balaban J connectivity index is 0.000001000. The van der Waals surface area contributed by atoms with Crippen LogP contribution in [0.2, 0.25) is 0 Å². The summed E-state index contributed by atoms with van der Waals surface area (Å²) in [5, 5.41) is 0. The molecule has 0 amide bonds. The van der Waals surface area contributed by atoms with E-state index in [2.05, 4.69) is 45.9 Å². The van der Waals surface area contributed by atoms with E-state index in [1.807, 2.05) is 0 Å². The van der Waals surface area contributed by atoms with E-state index in [4.69, 9.17) is 0 Å². The Kier molecular flexibility index (Phi) is 3.98. The number of allylic oxidation sites excluding steroid dienone is 4. The molecule has 0 N–H and O–H groups in total. The van der Waals surface area contributed by atoms with E-state index in [1.165, 1.54) is 5.57 Å². The van der Waals surface area contributed by atoms with Crippen LogP contribution in [-0.2, 0) is 26.2 Å². The van der Waals surface area contributed by atoms with Gasteiger partial charge in [0, 0.05) is 26.2 Å². The predicted molar refractivity (Wildman–Crippen MR) is 44.5 cm³/mol. The van der Waals surface area contributed by atoms with Crippen molar-refractivity contribution in [3.63, 3.8) is 0 Å². The fourth-order valence-electron chi connectivity index (χ4n) is 1.05. The summed E-state index contributed by atoms with van der Waals surface area (Å²) in [7, 11) is 0. The first-order chi connectivity index (χ1) is 4.50. The molecule has 1 unspecified atom stereocenters. The van der Waals surface area contributed by atoms with E-state index >= 15 is 0 Å². The van der Waals surface area contributed by atoms with Gasteiger partial charge < -0.3 is 0 Å². The van der Waals surface area contributed by atoms with Gasteiger partial charge in [0.25, 0.3) is 0 Å². The Morgan fingerprint density at radius 3 is 2.09 bits per heavy atom. The molecule has 0 radical (unpaired) electrons. The molecule has 1 rings (SSSR count). The molecule has 0 aliphatic heterocycles. The van der Waals surface area contributed by atoms with Gasteiger partial charge in [-0.2, -0.15) is 11.6 Å². The zero-order valence-electron chi connectivity index (χ0n) is 7.73. The zero-order valence-corrected chi connectivity index (χ0v) is 10.2. The predicted octanol–water partition coefficient (Wildman–Crippen LogP) is 2.97. The summed E-state index contributed by atoms with van der Waals surface area (Å²) in [6.07, 6.45) is 7.65. The Morgan fingerprint density at radius 1 is 1.36 bits per heavy atom. The van der Waals surface area contributed by atoms with Crippen LogP contribution in [0, 0.1) is 17.4 Å². The molecule has 0 saturated heterocycles. The zero-order chi connectivity index (χ0) is 7.78. The van der Waals surface area contributed by atoms with Gasteiger partial charge in [0.1, 0.15) is 0 Å². The second-order valence-electron chi connectivity index (χ2n) is 3.97. The van der Waals surface area contributed by atoms with Crippen LogP contribution in [0.25, 0.3) is 0 Å². The van der Waals surface area contributed by atoms with Crippen LogP contribution >= 0.6 is 0 Å². The molecule has 1 heteroatoms. The van der Waals surface area contributed by atoms with Crippen LogP contribution in [0.3, 0.4) is 0 Å². The van der Waals surface area contributed by atoms with Gasteiger partial charge in [0.05, 0.1) is 0 Å². The van der Waals surface area contributed by atoms with Crippen LogP contribution in [0.5, 0.6) is 0 Å². The maximum absolute atomic E-state index is 3.26. The second-order valence-corrected chi connectivity index (χ2v) is 3.97. The fraction of sp³-hybridized carbons (Fsp3) is 0.600. The summed E-state index contributed by atoms with van der Waals surface area (Å²) >= 11 is 0. The fourth-order valence-corrected chi connectivity index (χ4v) is 1.05. The van der Waals surface area contributed by atoms with Crippen molar-refractivity contribution in [3.8, 4) is 0 Å². The van der Waals surface area contributed by atoms with E-state index in [0.29, 0.717) is 11.3 Å². The van der Waals surface area contributed by atoms with Crippen molar-refractivity contribution >= 4 is 0 Å². The molecular weight excluding hydrogens is 211 g/mol. The van der Waals surface area contributed by atoms with Gasteiger partial charge in [-0.15, -0.1) is 0 Å². The Bertz CT molecular complexity index is 182. The van der Waals surface area contributed by atoms with Gasteiger partial charge >= 0.3 is 0 Å². The molecule has 0 bridgehead atoms. The average molecular weight is 226 g/mol. The monoisotopic (exact) mass is 225 g/mol. The molecule has 0 saturated carbocycles. The molecule has 0 aromatic heterocycles. The third-order valence-corrected chi connectivity index (χ3v) is 1.80. The van der Waals surface area contributed by atoms with Gasteiger partial charge in [-0.25, -0.2) is 6.08 Å². The summed E-state index contributed by atoms with van der Waals surface area (Å²) < 4.78 is 0. The van der Waals surface area contributed by atoms with Crippen molar-refractivity contribution in [2.45, 2.75) is 27.7 Å². The Hall–Kier alpha value is 0.363. The van der Waals surface area contributed by atoms with Crippen molar-refractivity contribution in [1.29, 1.82) is 0 Å². The summed E-state index contributed by atoms with van der Waals surface area (Å²) in [5.41, 5.74) is 1.72. The van der Waals surface area contributed by atoms with E-state index in [0.717, 1.165) is 0 Å². The van der Waals surface area contributed by atoms with Crippen molar-refractivity contribution < 1.29 is 26.2 Å².